The van der Waals surface area contributed by atoms with Crippen molar-refractivity contribution in [1.82, 2.24) is 0 Å². The smallest absolute Gasteiger partial charge is 0.169 e. The summed E-state index contributed by atoms with van der Waals surface area (Å²) in [4.78, 5) is 0. The van der Waals surface area contributed by atoms with Gasteiger partial charge in [-0.25, -0.2) is 13.2 Å². The van der Waals surface area contributed by atoms with Crippen LogP contribution in [0.25, 0.3) is 6.08 Å². The summed E-state index contributed by atoms with van der Waals surface area (Å²) < 4.78 is 38.7. The largest absolute Gasteiger partial charge is 0.205 e. The Kier molecular flexibility index (Phi) is 3.14. The van der Waals surface area contributed by atoms with Crippen molar-refractivity contribution < 1.29 is 13.2 Å². The highest BCUT2D eigenvalue weighted by atomic mass is 79.9. The van der Waals surface area contributed by atoms with Crippen LogP contribution >= 0.6 is 15.9 Å². The van der Waals surface area contributed by atoms with Crippen LogP contribution in [0.15, 0.2) is 16.6 Å². The topological polar surface area (TPSA) is 0 Å². The Morgan fingerprint density at radius 3 is 2.38 bits per heavy atom. The van der Waals surface area contributed by atoms with Crippen molar-refractivity contribution in [3.05, 3.63) is 39.6 Å². The minimum absolute atomic E-state index is 0.0838. The quantitative estimate of drug-likeness (QED) is 0.664. The van der Waals surface area contributed by atoms with E-state index in [9.17, 15) is 13.2 Å². The molecule has 0 nitrogen and oxygen atoms in total. The van der Waals surface area contributed by atoms with Gasteiger partial charge in [-0.2, -0.15) is 0 Å². The van der Waals surface area contributed by atoms with Gasteiger partial charge in [-0.3, -0.25) is 0 Å². The second kappa shape index (κ2) is 3.96. The lowest BCUT2D eigenvalue weighted by atomic mass is 10.2. The molecule has 0 saturated heterocycles. The Balaban J connectivity index is 3.46. The van der Waals surface area contributed by atoms with E-state index in [-0.39, 0.29) is 10.0 Å². The Hall–Kier alpha value is -0.770. The number of benzene rings is 1. The summed E-state index contributed by atoms with van der Waals surface area (Å²) in [5.41, 5.74) is -0.366. The Morgan fingerprint density at radius 1 is 1.23 bits per heavy atom. The van der Waals surface area contributed by atoms with Gasteiger partial charge in [-0.1, -0.05) is 12.2 Å². The lowest BCUT2D eigenvalue weighted by molar-refractivity contribution is 0.490. The van der Waals surface area contributed by atoms with Gasteiger partial charge < -0.3 is 0 Å². The molecule has 0 N–H and O–H groups in total. The molecule has 0 atom stereocenters. The molecule has 1 rings (SSSR count). The fourth-order valence-corrected chi connectivity index (χ4v) is 1.32. The summed E-state index contributed by atoms with van der Waals surface area (Å²) in [6, 6.07) is 0.762. The van der Waals surface area contributed by atoms with E-state index >= 15 is 0 Å². The van der Waals surface area contributed by atoms with Gasteiger partial charge in [0.15, 0.2) is 11.6 Å². The van der Waals surface area contributed by atoms with Crippen LogP contribution in [0, 0.1) is 17.5 Å². The van der Waals surface area contributed by atoms with Crippen molar-refractivity contribution in [2.75, 3.05) is 0 Å². The Morgan fingerprint density at radius 2 is 1.85 bits per heavy atom. The highest BCUT2D eigenvalue weighted by molar-refractivity contribution is 9.10. The number of hydrogen-bond acceptors (Lipinski definition) is 0. The third-order valence-electron chi connectivity index (χ3n) is 1.48. The zero-order valence-corrected chi connectivity index (χ0v) is 8.33. The molecule has 0 aliphatic rings. The van der Waals surface area contributed by atoms with Gasteiger partial charge in [0.25, 0.3) is 0 Å². The van der Waals surface area contributed by atoms with Gasteiger partial charge in [-0.15, -0.1) is 0 Å². The van der Waals surface area contributed by atoms with Gasteiger partial charge in [0.05, 0.1) is 4.47 Å². The average Bonchev–Trinajstić information content (AvgIpc) is 2.09. The first-order valence-electron chi connectivity index (χ1n) is 3.53. The highest BCUT2D eigenvalue weighted by Gasteiger charge is 2.14. The first kappa shape index (κ1) is 10.3. The summed E-state index contributed by atoms with van der Waals surface area (Å²) in [6.45, 7) is 1.59. The predicted molar refractivity (Wildman–Crippen MR) is 48.7 cm³/mol. The Bertz CT molecular complexity index is 332. The molecule has 0 fully saturated rings. The van der Waals surface area contributed by atoms with Crippen LogP contribution in [0.1, 0.15) is 12.5 Å². The highest BCUT2D eigenvalue weighted by Crippen LogP contribution is 2.25. The minimum atomic E-state index is -1.17. The van der Waals surface area contributed by atoms with Crippen molar-refractivity contribution in [2.24, 2.45) is 0 Å². The lowest BCUT2D eigenvalue weighted by Gasteiger charge is -2.02. The lowest BCUT2D eigenvalue weighted by Crippen LogP contribution is -1.94. The molecule has 4 heteroatoms. The molecular weight excluding hydrogens is 245 g/mol. The van der Waals surface area contributed by atoms with Crippen LogP contribution in [0.2, 0.25) is 0 Å². The van der Waals surface area contributed by atoms with E-state index in [4.69, 9.17) is 0 Å². The molecule has 70 valence electrons. The van der Waals surface area contributed by atoms with E-state index in [1.165, 1.54) is 12.2 Å². The van der Waals surface area contributed by atoms with Crippen LogP contribution in [0.3, 0.4) is 0 Å². The van der Waals surface area contributed by atoms with E-state index < -0.39 is 17.5 Å². The van der Waals surface area contributed by atoms with Crippen molar-refractivity contribution >= 4 is 22.0 Å². The standard InChI is InChI=1S/C9H6BrF3/c1-2-3-5-8(12)6(10)4-7(11)9(5)13/h2-4H,1H3/b3-2+. The van der Waals surface area contributed by atoms with Gasteiger partial charge in [-0.05, 0) is 28.9 Å². The van der Waals surface area contributed by atoms with Crippen LogP contribution < -0.4 is 0 Å². The van der Waals surface area contributed by atoms with E-state index in [0.29, 0.717) is 0 Å². The molecule has 0 amide bonds. The molecule has 0 aliphatic heterocycles. The fraction of sp³-hybridized carbons (Fsp3) is 0.111. The molecule has 0 radical (unpaired) electrons. The number of rotatable bonds is 1. The fourth-order valence-electron chi connectivity index (χ4n) is 0.905. The molecule has 0 spiro atoms. The zero-order chi connectivity index (χ0) is 10.0. The molecule has 0 bridgehead atoms. The maximum atomic E-state index is 13.1. The van der Waals surface area contributed by atoms with Crippen molar-refractivity contribution in [2.45, 2.75) is 6.92 Å². The summed E-state index contributed by atoms with van der Waals surface area (Å²) in [5, 5.41) is 0. The number of hydrogen-bond donors (Lipinski definition) is 0. The van der Waals surface area contributed by atoms with Crippen molar-refractivity contribution in [1.29, 1.82) is 0 Å². The third-order valence-corrected chi connectivity index (χ3v) is 2.06. The van der Waals surface area contributed by atoms with Crippen LogP contribution in [0.5, 0.6) is 0 Å². The summed E-state index contributed by atoms with van der Waals surface area (Å²) in [5.74, 6) is -3.03. The number of halogens is 4. The van der Waals surface area contributed by atoms with Crippen molar-refractivity contribution in [3.63, 3.8) is 0 Å². The summed E-state index contributed by atoms with van der Waals surface area (Å²) in [7, 11) is 0. The molecule has 13 heavy (non-hydrogen) atoms. The van der Waals surface area contributed by atoms with Crippen molar-refractivity contribution in [3.8, 4) is 0 Å². The molecule has 0 saturated carbocycles. The molecule has 0 aromatic heterocycles. The van der Waals surface area contributed by atoms with Gasteiger partial charge in [0.2, 0.25) is 0 Å². The molecule has 0 aliphatic carbocycles. The molecule has 1 aromatic rings. The third kappa shape index (κ3) is 1.94. The minimum Gasteiger partial charge on any atom is -0.205 e. The predicted octanol–water partition coefficient (Wildman–Crippen LogP) is 3.90. The molecule has 0 heterocycles. The van der Waals surface area contributed by atoms with Crippen LogP contribution in [0.4, 0.5) is 13.2 Å². The number of allylic oxidation sites excluding steroid dienone is 1. The van der Waals surface area contributed by atoms with E-state index in [1.54, 1.807) is 6.92 Å². The average molecular weight is 251 g/mol. The molecule has 1 aromatic carbocycles. The molecule has 0 unspecified atom stereocenters. The SMILES string of the molecule is C/C=C/c1c(F)c(F)cc(Br)c1F. The van der Waals surface area contributed by atoms with E-state index in [0.717, 1.165) is 6.07 Å². The van der Waals surface area contributed by atoms with E-state index in [1.807, 2.05) is 0 Å². The second-order valence-corrected chi connectivity index (χ2v) is 3.24. The van der Waals surface area contributed by atoms with Gasteiger partial charge >= 0.3 is 0 Å². The van der Waals surface area contributed by atoms with Crippen LogP contribution in [-0.4, -0.2) is 0 Å². The van der Waals surface area contributed by atoms with Crippen LogP contribution in [-0.2, 0) is 0 Å². The zero-order valence-electron chi connectivity index (χ0n) is 6.74. The maximum absolute atomic E-state index is 13.1. The van der Waals surface area contributed by atoms with Gasteiger partial charge in [0, 0.05) is 5.56 Å². The maximum Gasteiger partial charge on any atom is 0.169 e. The summed E-state index contributed by atoms with van der Waals surface area (Å²) in [6.07, 6.45) is 2.62. The monoisotopic (exact) mass is 250 g/mol. The molecular formula is C9H6BrF3. The second-order valence-electron chi connectivity index (χ2n) is 2.38. The Labute approximate surface area is 82.2 Å². The van der Waals surface area contributed by atoms with Gasteiger partial charge in [0.1, 0.15) is 5.82 Å². The first-order chi connectivity index (χ1) is 6.07. The normalized spacial score (nSPS) is 11.2. The first-order valence-corrected chi connectivity index (χ1v) is 4.33. The summed E-state index contributed by atoms with van der Waals surface area (Å²) >= 11 is 2.79. The van der Waals surface area contributed by atoms with E-state index in [2.05, 4.69) is 15.9 Å².